The maximum atomic E-state index is 13.3. The first-order chi connectivity index (χ1) is 17.7. The fourth-order valence-electron chi connectivity index (χ4n) is 3.83. The molecule has 0 radical (unpaired) electrons. The van der Waals surface area contributed by atoms with Crippen LogP contribution >= 0.6 is 0 Å². The highest BCUT2D eigenvalue weighted by molar-refractivity contribution is 5.94. The van der Waals surface area contributed by atoms with Crippen LogP contribution in [0.2, 0.25) is 0 Å². The number of para-hydroxylation sites is 1. The Hall–Kier alpha value is -3.97. The number of benzene rings is 1. The normalized spacial score (nSPS) is 13.4. The van der Waals surface area contributed by atoms with Crippen LogP contribution in [0.25, 0.3) is 10.9 Å². The molecule has 13 nitrogen and oxygen atoms in total. The number of primary amides is 1. The van der Waals surface area contributed by atoms with Crippen molar-refractivity contribution in [2.45, 2.75) is 56.7 Å². The minimum atomic E-state index is -1.37. The number of H-pyrrole nitrogens is 1. The summed E-state index contributed by atoms with van der Waals surface area (Å²) in [4.78, 5) is 64.1. The molecule has 0 aliphatic rings. The van der Waals surface area contributed by atoms with Gasteiger partial charge in [-0.1, -0.05) is 18.2 Å². The molecule has 4 amide bonds. The molecule has 0 saturated carbocycles. The van der Waals surface area contributed by atoms with Gasteiger partial charge in [-0.2, -0.15) is 0 Å². The first kappa shape index (κ1) is 29.3. The van der Waals surface area contributed by atoms with Gasteiger partial charge in [0.15, 0.2) is 0 Å². The summed E-state index contributed by atoms with van der Waals surface area (Å²) in [5, 5.41) is 17.9. The van der Waals surface area contributed by atoms with E-state index in [1.807, 2.05) is 24.3 Å². The fourth-order valence-corrected chi connectivity index (χ4v) is 3.83. The van der Waals surface area contributed by atoms with Crippen molar-refractivity contribution in [3.63, 3.8) is 0 Å². The number of nitrogens with one attached hydrogen (secondary N) is 4. The number of carbonyl (C=O) groups is 5. The van der Waals surface area contributed by atoms with Crippen LogP contribution in [-0.4, -0.2) is 70.9 Å². The van der Waals surface area contributed by atoms with Gasteiger partial charge < -0.3 is 43.2 Å². The second-order valence-corrected chi connectivity index (χ2v) is 8.64. The van der Waals surface area contributed by atoms with Crippen LogP contribution in [0.15, 0.2) is 30.5 Å². The molecule has 1 heterocycles. The zero-order valence-electron chi connectivity index (χ0n) is 20.5. The van der Waals surface area contributed by atoms with Crippen molar-refractivity contribution in [3.8, 4) is 0 Å². The van der Waals surface area contributed by atoms with Crippen molar-refractivity contribution in [1.82, 2.24) is 20.9 Å². The summed E-state index contributed by atoms with van der Waals surface area (Å²) in [6, 6.07) is 3.94. The predicted molar refractivity (Wildman–Crippen MR) is 136 cm³/mol. The fraction of sp³-hybridized carbons (Fsp3) is 0.458. The van der Waals surface area contributed by atoms with Crippen molar-refractivity contribution in [2.24, 2.45) is 17.2 Å². The van der Waals surface area contributed by atoms with Crippen molar-refractivity contribution < 1.29 is 29.1 Å². The van der Waals surface area contributed by atoms with Crippen molar-refractivity contribution in [2.75, 3.05) is 13.1 Å². The molecule has 1 aromatic heterocycles. The SMILES string of the molecule is NCCCCC(NC(=O)C(Cc1c[nH]c2ccccc12)NC(=O)CN)C(=O)NC(CCC(N)=O)C(=O)O. The molecule has 3 atom stereocenters. The van der Waals surface area contributed by atoms with E-state index in [0.717, 1.165) is 16.5 Å². The van der Waals surface area contributed by atoms with Crippen molar-refractivity contribution >= 4 is 40.5 Å². The zero-order valence-corrected chi connectivity index (χ0v) is 20.5. The Morgan fingerprint density at radius 3 is 2.22 bits per heavy atom. The lowest BCUT2D eigenvalue weighted by Gasteiger charge is -2.24. The monoisotopic (exact) mass is 517 g/mol. The summed E-state index contributed by atoms with van der Waals surface area (Å²) in [7, 11) is 0. The van der Waals surface area contributed by atoms with E-state index in [2.05, 4.69) is 20.9 Å². The summed E-state index contributed by atoms with van der Waals surface area (Å²) >= 11 is 0. The molecule has 3 unspecified atom stereocenters. The average Bonchev–Trinajstić information content (AvgIpc) is 3.27. The number of carboxylic acids is 1. The molecule has 2 rings (SSSR count). The first-order valence-electron chi connectivity index (χ1n) is 12.0. The maximum Gasteiger partial charge on any atom is 0.326 e. The molecule has 0 aliphatic heterocycles. The highest BCUT2D eigenvalue weighted by Crippen LogP contribution is 2.19. The van der Waals surface area contributed by atoms with Gasteiger partial charge in [-0.25, -0.2) is 4.79 Å². The Bertz CT molecular complexity index is 1100. The predicted octanol–water partition coefficient (Wildman–Crippen LogP) is -1.40. The van der Waals surface area contributed by atoms with E-state index < -0.39 is 47.7 Å². The Labute approximate surface area is 213 Å². The van der Waals surface area contributed by atoms with Gasteiger partial charge in [-0.05, 0) is 43.9 Å². The van der Waals surface area contributed by atoms with E-state index in [1.165, 1.54) is 0 Å². The number of carbonyl (C=O) groups excluding carboxylic acids is 4. The molecule has 2 aromatic rings. The van der Waals surface area contributed by atoms with Crippen LogP contribution in [0, 0.1) is 0 Å². The number of unbranched alkanes of at least 4 members (excludes halogenated alkanes) is 1. The first-order valence-corrected chi connectivity index (χ1v) is 12.0. The molecule has 0 spiro atoms. The van der Waals surface area contributed by atoms with Crippen LogP contribution < -0.4 is 33.2 Å². The van der Waals surface area contributed by atoms with Gasteiger partial charge >= 0.3 is 5.97 Å². The number of fused-ring (bicyclic) bond motifs is 1. The van der Waals surface area contributed by atoms with E-state index in [4.69, 9.17) is 17.2 Å². The number of aliphatic carboxylic acids is 1. The molecule has 0 aliphatic carbocycles. The van der Waals surface area contributed by atoms with Crippen molar-refractivity contribution in [3.05, 3.63) is 36.0 Å². The molecular weight excluding hydrogens is 482 g/mol. The van der Waals surface area contributed by atoms with Gasteiger partial charge in [0, 0.05) is 29.9 Å². The number of amides is 4. The summed E-state index contributed by atoms with van der Waals surface area (Å²) in [6.07, 6.45) is 2.66. The maximum absolute atomic E-state index is 13.3. The van der Waals surface area contributed by atoms with E-state index in [0.29, 0.717) is 19.4 Å². The van der Waals surface area contributed by atoms with Crippen molar-refractivity contribution in [1.29, 1.82) is 0 Å². The van der Waals surface area contributed by atoms with Gasteiger partial charge in [0.2, 0.25) is 23.6 Å². The van der Waals surface area contributed by atoms with E-state index in [1.54, 1.807) is 6.20 Å². The smallest absolute Gasteiger partial charge is 0.326 e. The van der Waals surface area contributed by atoms with E-state index in [9.17, 15) is 29.1 Å². The van der Waals surface area contributed by atoms with Gasteiger partial charge in [0.25, 0.3) is 0 Å². The van der Waals surface area contributed by atoms with Crippen LogP contribution in [-0.2, 0) is 30.4 Å². The van der Waals surface area contributed by atoms with E-state index in [-0.39, 0.29) is 32.2 Å². The Morgan fingerprint density at radius 1 is 0.892 bits per heavy atom. The molecular formula is C24H35N7O6. The third-order valence-corrected chi connectivity index (χ3v) is 5.81. The quantitative estimate of drug-likeness (QED) is 0.123. The molecule has 11 N–H and O–H groups in total. The molecule has 13 heteroatoms. The summed E-state index contributed by atoms with van der Waals surface area (Å²) in [6.45, 7) is 0.0344. The van der Waals surface area contributed by atoms with Crippen LogP contribution in [0.4, 0.5) is 0 Å². The third-order valence-electron chi connectivity index (χ3n) is 5.81. The standard InChI is InChI=1S/C24H35N7O6/c25-10-4-3-7-17(22(34)31-18(24(36)37)8-9-20(27)32)30-23(35)19(29-21(33)12-26)11-14-13-28-16-6-2-1-5-15(14)16/h1-2,5-6,13,17-19,28H,3-4,7-12,25-26H2,(H2,27,32)(H,29,33)(H,30,35)(H,31,34)(H,36,37). The summed E-state index contributed by atoms with van der Waals surface area (Å²) in [5.74, 6) is -3.97. The summed E-state index contributed by atoms with van der Waals surface area (Å²) in [5.41, 5.74) is 17.7. The largest absolute Gasteiger partial charge is 0.480 e. The van der Waals surface area contributed by atoms with E-state index >= 15 is 0 Å². The molecule has 37 heavy (non-hydrogen) atoms. The van der Waals surface area contributed by atoms with Gasteiger partial charge in [0.05, 0.1) is 6.54 Å². The van der Waals surface area contributed by atoms with Gasteiger partial charge in [-0.3, -0.25) is 19.2 Å². The molecule has 1 aromatic carbocycles. The number of rotatable bonds is 16. The lowest BCUT2D eigenvalue weighted by molar-refractivity contribution is -0.142. The Morgan fingerprint density at radius 2 is 1.57 bits per heavy atom. The number of carboxylic acid groups (broad SMARTS) is 1. The highest BCUT2D eigenvalue weighted by atomic mass is 16.4. The molecule has 0 saturated heterocycles. The minimum Gasteiger partial charge on any atom is -0.480 e. The van der Waals surface area contributed by atoms with Crippen LogP contribution in [0.5, 0.6) is 0 Å². The number of hydrogen-bond acceptors (Lipinski definition) is 7. The van der Waals surface area contributed by atoms with Crippen LogP contribution in [0.3, 0.4) is 0 Å². The molecule has 0 bridgehead atoms. The number of nitrogens with two attached hydrogens (primary N) is 3. The zero-order chi connectivity index (χ0) is 27.4. The number of aromatic amines is 1. The van der Waals surface area contributed by atoms with Crippen LogP contribution in [0.1, 0.15) is 37.7 Å². The second kappa shape index (κ2) is 14.6. The average molecular weight is 518 g/mol. The molecule has 0 fully saturated rings. The summed E-state index contributed by atoms with van der Waals surface area (Å²) < 4.78 is 0. The Balaban J connectivity index is 2.22. The lowest BCUT2D eigenvalue weighted by Crippen LogP contribution is -2.56. The lowest BCUT2D eigenvalue weighted by atomic mass is 10.0. The number of hydrogen-bond donors (Lipinski definition) is 8. The highest BCUT2D eigenvalue weighted by Gasteiger charge is 2.30. The van der Waals surface area contributed by atoms with Gasteiger partial charge in [0.1, 0.15) is 18.1 Å². The second-order valence-electron chi connectivity index (χ2n) is 8.64. The van der Waals surface area contributed by atoms with Gasteiger partial charge in [-0.15, -0.1) is 0 Å². The topological polar surface area (TPSA) is 236 Å². The Kier molecular flexibility index (Phi) is 11.5. The third kappa shape index (κ3) is 9.20. The number of aromatic nitrogens is 1. The molecule has 202 valence electrons. The minimum absolute atomic E-state index is 0.120.